The Morgan fingerprint density at radius 2 is 2.32 bits per heavy atom. The van der Waals surface area contributed by atoms with Crippen LogP contribution < -0.4 is 0 Å². The Kier molecular flexibility index (Phi) is 4.05. The predicted molar refractivity (Wildman–Crippen MR) is 83.5 cm³/mol. The van der Waals surface area contributed by atoms with Gasteiger partial charge in [-0.15, -0.1) is 0 Å². The fraction of sp³-hybridized carbons (Fsp3) is 0.529. The number of piperidine rings is 1. The van der Waals surface area contributed by atoms with E-state index in [4.69, 9.17) is 4.42 Å². The van der Waals surface area contributed by atoms with Gasteiger partial charge in [0.25, 0.3) is 5.91 Å². The van der Waals surface area contributed by atoms with E-state index in [0.29, 0.717) is 18.2 Å². The van der Waals surface area contributed by atoms with Gasteiger partial charge in [-0.2, -0.15) is 5.10 Å². The number of amides is 1. The molecule has 3 heterocycles. The molecular weight excluding hydrogens is 278 g/mol. The molecule has 0 radical (unpaired) electrons. The maximum Gasteiger partial charge on any atom is 0.272 e. The number of aromatic nitrogens is 2. The molecule has 0 aliphatic carbocycles. The number of carbonyl (C=O) groups is 1. The first-order chi connectivity index (χ1) is 10.6. The zero-order valence-electron chi connectivity index (χ0n) is 13.5. The van der Waals surface area contributed by atoms with Gasteiger partial charge in [0.05, 0.1) is 18.0 Å². The van der Waals surface area contributed by atoms with Gasteiger partial charge in [0, 0.05) is 13.1 Å². The molecule has 1 aliphatic rings. The minimum atomic E-state index is 0.0202. The molecule has 1 aliphatic heterocycles. The Morgan fingerprint density at radius 3 is 3.00 bits per heavy atom. The Balaban J connectivity index is 1.92. The average Bonchev–Trinajstić information content (AvgIpc) is 3.15. The Hall–Kier alpha value is -2.04. The molecule has 2 atom stereocenters. The number of rotatable bonds is 3. The summed E-state index contributed by atoms with van der Waals surface area (Å²) in [5, 5.41) is 4.39. The van der Waals surface area contributed by atoms with E-state index in [0.717, 1.165) is 30.8 Å². The van der Waals surface area contributed by atoms with Gasteiger partial charge in [0.15, 0.2) is 0 Å². The Labute approximate surface area is 130 Å². The standard InChI is InChI=1S/C17H23N3O2/c1-4-20-15(11-13(3)18-20)17(21)19-8-7-12(2)10-14(19)16-6-5-9-22-16/h5-6,9,11-12,14H,4,7-8,10H2,1-3H3. The van der Waals surface area contributed by atoms with Gasteiger partial charge >= 0.3 is 0 Å². The molecule has 0 aromatic carbocycles. The lowest BCUT2D eigenvalue weighted by Gasteiger charge is -2.37. The summed E-state index contributed by atoms with van der Waals surface area (Å²) < 4.78 is 7.37. The highest BCUT2D eigenvalue weighted by Crippen LogP contribution is 2.35. The van der Waals surface area contributed by atoms with Crippen LogP contribution in [0.5, 0.6) is 0 Å². The highest BCUT2D eigenvalue weighted by Gasteiger charge is 2.34. The molecule has 5 nitrogen and oxygen atoms in total. The number of nitrogens with zero attached hydrogens (tertiary/aromatic N) is 3. The predicted octanol–water partition coefficient (Wildman–Crippen LogP) is 3.42. The van der Waals surface area contributed by atoms with E-state index in [-0.39, 0.29) is 11.9 Å². The molecule has 0 N–H and O–H groups in total. The van der Waals surface area contributed by atoms with Crippen molar-refractivity contribution in [3.05, 3.63) is 41.6 Å². The minimum Gasteiger partial charge on any atom is -0.467 e. The van der Waals surface area contributed by atoms with Crippen LogP contribution in [0.3, 0.4) is 0 Å². The second kappa shape index (κ2) is 5.99. The van der Waals surface area contributed by atoms with Gasteiger partial charge < -0.3 is 9.32 Å². The summed E-state index contributed by atoms with van der Waals surface area (Å²) in [6, 6.07) is 5.75. The fourth-order valence-corrected chi connectivity index (χ4v) is 3.24. The monoisotopic (exact) mass is 301 g/mol. The van der Waals surface area contributed by atoms with Crippen molar-refractivity contribution in [3.63, 3.8) is 0 Å². The van der Waals surface area contributed by atoms with Crippen molar-refractivity contribution < 1.29 is 9.21 Å². The first-order valence-corrected chi connectivity index (χ1v) is 7.99. The van der Waals surface area contributed by atoms with Crippen LogP contribution in [-0.4, -0.2) is 27.1 Å². The number of aryl methyl sites for hydroxylation is 2. The third-order valence-electron chi connectivity index (χ3n) is 4.42. The summed E-state index contributed by atoms with van der Waals surface area (Å²) in [4.78, 5) is 15.0. The first kappa shape index (κ1) is 14.9. The van der Waals surface area contributed by atoms with E-state index in [1.165, 1.54) is 0 Å². The van der Waals surface area contributed by atoms with Crippen LogP contribution in [0.2, 0.25) is 0 Å². The number of carbonyl (C=O) groups excluding carboxylic acids is 1. The van der Waals surface area contributed by atoms with Gasteiger partial charge in [0.2, 0.25) is 0 Å². The van der Waals surface area contributed by atoms with Crippen molar-refractivity contribution >= 4 is 5.91 Å². The summed E-state index contributed by atoms with van der Waals surface area (Å²) in [5.41, 5.74) is 1.55. The van der Waals surface area contributed by atoms with E-state index < -0.39 is 0 Å². The molecule has 2 aromatic rings. The molecule has 1 fully saturated rings. The van der Waals surface area contributed by atoms with Crippen LogP contribution >= 0.6 is 0 Å². The van der Waals surface area contributed by atoms with E-state index in [1.807, 2.05) is 36.9 Å². The van der Waals surface area contributed by atoms with Crippen LogP contribution in [0, 0.1) is 12.8 Å². The van der Waals surface area contributed by atoms with E-state index in [9.17, 15) is 4.79 Å². The van der Waals surface area contributed by atoms with Gasteiger partial charge in [-0.05, 0) is 50.8 Å². The second-order valence-corrected chi connectivity index (χ2v) is 6.15. The van der Waals surface area contributed by atoms with Crippen molar-refractivity contribution in [1.29, 1.82) is 0 Å². The van der Waals surface area contributed by atoms with E-state index in [1.54, 1.807) is 10.9 Å². The summed E-state index contributed by atoms with van der Waals surface area (Å²) in [7, 11) is 0. The lowest BCUT2D eigenvalue weighted by molar-refractivity contribution is 0.0508. The van der Waals surface area contributed by atoms with Crippen molar-refractivity contribution in [1.82, 2.24) is 14.7 Å². The Morgan fingerprint density at radius 1 is 1.50 bits per heavy atom. The highest BCUT2D eigenvalue weighted by molar-refractivity contribution is 5.93. The largest absolute Gasteiger partial charge is 0.467 e. The molecule has 5 heteroatoms. The number of hydrogen-bond donors (Lipinski definition) is 0. The molecule has 1 saturated heterocycles. The van der Waals surface area contributed by atoms with Crippen molar-refractivity contribution in [2.45, 2.75) is 46.2 Å². The van der Waals surface area contributed by atoms with Gasteiger partial charge in [-0.3, -0.25) is 9.48 Å². The summed E-state index contributed by atoms with van der Waals surface area (Å²) in [5.74, 6) is 1.52. The van der Waals surface area contributed by atoms with E-state index in [2.05, 4.69) is 12.0 Å². The Bertz CT molecular complexity index is 645. The van der Waals surface area contributed by atoms with Crippen LogP contribution in [0.25, 0.3) is 0 Å². The summed E-state index contributed by atoms with van der Waals surface area (Å²) in [6.07, 6.45) is 3.65. The molecule has 118 valence electrons. The molecule has 0 saturated carbocycles. The fourth-order valence-electron chi connectivity index (χ4n) is 3.24. The quantitative estimate of drug-likeness (QED) is 0.873. The van der Waals surface area contributed by atoms with Crippen LogP contribution in [0.1, 0.15) is 54.7 Å². The zero-order chi connectivity index (χ0) is 15.7. The van der Waals surface area contributed by atoms with Crippen molar-refractivity contribution in [3.8, 4) is 0 Å². The summed E-state index contributed by atoms with van der Waals surface area (Å²) >= 11 is 0. The first-order valence-electron chi connectivity index (χ1n) is 7.99. The molecule has 3 rings (SSSR count). The topological polar surface area (TPSA) is 51.3 Å². The SMILES string of the molecule is CCn1nc(C)cc1C(=O)N1CCC(C)CC1c1ccco1. The third-order valence-corrected chi connectivity index (χ3v) is 4.42. The summed E-state index contributed by atoms with van der Waals surface area (Å²) in [6.45, 7) is 7.62. The molecular formula is C17H23N3O2. The molecule has 0 bridgehead atoms. The number of hydrogen-bond acceptors (Lipinski definition) is 3. The van der Waals surface area contributed by atoms with Crippen molar-refractivity contribution in [2.24, 2.45) is 5.92 Å². The van der Waals surface area contributed by atoms with Crippen LogP contribution in [0.4, 0.5) is 0 Å². The molecule has 2 aromatic heterocycles. The number of furan rings is 1. The lowest BCUT2D eigenvalue weighted by atomic mass is 9.91. The van der Waals surface area contributed by atoms with Gasteiger partial charge in [-0.25, -0.2) is 0 Å². The van der Waals surface area contributed by atoms with E-state index >= 15 is 0 Å². The molecule has 1 amide bonds. The van der Waals surface area contributed by atoms with Gasteiger partial charge in [-0.1, -0.05) is 6.92 Å². The average molecular weight is 301 g/mol. The minimum absolute atomic E-state index is 0.0202. The number of likely N-dealkylation sites (tertiary alicyclic amines) is 1. The normalized spacial score (nSPS) is 22.0. The lowest BCUT2D eigenvalue weighted by Crippen LogP contribution is -2.41. The molecule has 0 spiro atoms. The van der Waals surface area contributed by atoms with Gasteiger partial charge in [0.1, 0.15) is 11.5 Å². The highest BCUT2D eigenvalue weighted by atomic mass is 16.3. The molecule has 22 heavy (non-hydrogen) atoms. The second-order valence-electron chi connectivity index (χ2n) is 6.15. The maximum atomic E-state index is 13.0. The smallest absolute Gasteiger partial charge is 0.272 e. The maximum absolute atomic E-state index is 13.0. The zero-order valence-corrected chi connectivity index (χ0v) is 13.5. The van der Waals surface area contributed by atoms with Crippen molar-refractivity contribution in [2.75, 3.05) is 6.54 Å². The third kappa shape index (κ3) is 2.67. The van der Waals surface area contributed by atoms with Crippen LogP contribution in [-0.2, 0) is 6.54 Å². The van der Waals surface area contributed by atoms with Crippen LogP contribution in [0.15, 0.2) is 28.9 Å². The molecule has 2 unspecified atom stereocenters.